The lowest BCUT2D eigenvalue weighted by Gasteiger charge is -2.39. The maximum atomic E-state index is 14.1. The van der Waals surface area contributed by atoms with E-state index in [1.54, 1.807) is 24.3 Å². The number of nitrogens with one attached hydrogen (secondary N) is 1. The lowest BCUT2D eigenvalue weighted by molar-refractivity contribution is -0.385. The van der Waals surface area contributed by atoms with E-state index >= 15 is 0 Å². The highest BCUT2D eigenvalue weighted by molar-refractivity contribution is 7.98. The normalized spacial score (nSPS) is 24.4. The molecule has 3 aromatic carbocycles. The molecule has 4 atom stereocenters. The van der Waals surface area contributed by atoms with Crippen LogP contribution in [-0.4, -0.2) is 22.0 Å². The van der Waals surface area contributed by atoms with Crippen LogP contribution in [0.15, 0.2) is 77.7 Å². The van der Waals surface area contributed by atoms with Crippen LogP contribution in [0.25, 0.3) is 0 Å². The standard InChI is InChI=1S/C27H25N3O5S/c1-36-23-11-3-2-10-22(23)28-26(31)25-24(17-6-4-8-20(14-17)29(32)33)18-12-13-27(25,16-18)19-7-5-9-21(15-19)30(34)35/h2-11,14-15,18,24-25H,12-13,16H2,1H3,(H,28,31). The molecule has 4 unspecified atom stereocenters. The van der Waals surface area contributed by atoms with Crippen molar-refractivity contribution in [1.29, 1.82) is 0 Å². The van der Waals surface area contributed by atoms with E-state index in [1.807, 2.05) is 42.7 Å². The van der Waals surface area contributed by atoms with Gasteiger partial charge in [-0.25, -0.2) is 0 Å². The molecule has 36 heavy (non-hydrogen) atoms. The molecule has 9 heteroatoms. The van der Waals surface area contributed by atoms with Crippen LogP contribution < -0.4 is 5.32 Å². The lowest BCUT2D eigenvalue weighted by Crippen LogP contribution is -2.42. The molecule has 2 saturated carbocycles. The fraction of sp³-hybridized carbons (Fsp3) is 0.296. The summed E-state index contributed by atoms with van der Waals surface area (Å²) in [6.45, 7) is 0. The minimum Gasteiger partial charge on any atom is -0.325 e. The number of benzene rings is 3. The van der Waals surface area contributed by atoms with Crippen molar-refractivity contribution >= 4 is 34.7 Å². The molecular formula is C27H25N3O5S. The van der Waals surface area contributed by atoms with Gasteiger partial charge in [0.05, 0.1) is 21.5 Å². The third-order valence-electron chi connectivity index (χ3n) is 7.80. The Kier molecular flexibility index (Phi) is 6.26. The predicted molar refractivity (Wildman–Crippen MR) is 138 cm³/mol. The quantitative estimate of drug-likeness (QED) is 0.229. The summed E-state index contributed by atoms with van der Waals surface area (Å²) >= 11 is 1.53. The molecule has 3 aromatic rings. The molecule has 184 valence electrons. The number of carbonyl (C=O) groups excluding carboxylic acids is 1. The molecule has 2 bridgehead atoms. The molecule has 0 aromatic heterocycles. The fourth-order valence-corrected chi connectivity index (χ4v) is 6.93. The van der Waals surface area contributed by atoms with Crippen molar-refractivity contribution in [3.63, 3.8) is 0 Å². The highest BCUT2D eigenvalue weighted by Crippen LogP contribution is 2.65. The van der Waals surface area contributed by atoms with Gasteiger partial charge in [0.15, 0.2) is 0 Å². The number of hydrogen-bond donors (Lipinski definition) is 1. The molecule has 8 nitrogen and oxygen atoms in total. The molecule has 1 amide bonds. The molecule has 2 aliphatic carbocycles. The van der Waals surface area contributed by atoms with Crippen molar-refractivity contribution in [3.05, 3.63) is 104 Å². The first-order chi connectivity index (χ1) is 17.3. The zero-order valence-corrected chi connectivity index (χ0v) is 20.4. The maximum absolute atomic E-state index is 14.1. The maximum Gasteiger partial charge on any atom is 0.269 e. The largest absolute Gasteiger partial charge is 0.325 e. The zero-order chi connectivity index (χ0) is 25.4. The summed E-state index contributed by atoms with van der Waals surface area (Å²) in [7, 11) is 0. The molecular weight excluding hydrogens is 478 g/mol. The summed E-state index contributed by atoms with van der Waals surface area (Å²) in [4.78, 5) is 37.2. The van der Waals surface area contributed by atoms with Crippen LogP contribution in [0.4, 0.5) is 17.1 Å². The Labute approximate surface area is 212 Å². The second kappa shape index (κ2) is 9.39. The van der Waals surface area contributed by atoms with Crippen molar-refractivity contribution in [2.75, 3.05) is 11.6 Å². The fourth-order valence-electron chi connectivity index (χ4n) is 6.37. The van der Waals surface area contributed by atoms with Gasteiger partial charge >= 0.3 is 0 Å². The number of nitro benzene ring substituents is 2. The second-order valence-electron chi connectivity index (χ2n) is 9.51. The van der Waals surface area contributed by atoms with Crippen molar-refractivity contribution in [2.45, 2.75) is 35.5 Å². The lowest BCUT2D eigenvalue weighted by atomic mass is 9.64. The molecule has 5 rings (SSSR count). The number of nitro groups is 2. The summed E-state index contributed by atoms with van der Waals surface area (Å²) in [5, 5.41) is 26.2. The average molecular weight is 504 g/mol. The number of rotatable bonds is 7. The smallest absolute Gasteiger partial charge is 0.269 e. The highest BCUT2D eigenvalue weighted by atomic mass is 32.2. The van der Waals surface area contributed by atoms with E-state index in [0.717, 1.165) is 28.9 Å². The van der Waals surface area contributed by atoms with Gasteiger partial charge in [0.1, 0.15) is 0 Å². The van der Waals surface area contributed by atoms with Gasteiger partial charge in [-0.05, 0) is 60.6 Å². The second-order valence-corrected chi connectivity index (χ2v) is 10.4. The number of para-hydroxylation sites is 1. The first-order valence-corrected chi connectivity index (χ1v) is 13.0. The third-order valence-corrected chi connectivity index (χ3v) is 8.59. The van der Waals surface area contributed by atoms with Crippen molar-refractivity contribution < 1.29 is 14.6 Å². The van der Waals surface area contributed by atoms with Crippen LogP contribution in [0, 0.1) is 32.1 Å². The van der Waals surface area contributed by atoms with Gasteiger partial charge in [-0.3, -0.25) is 25.0 Å². The van der Waals surface area contributed by atoms with Gasteiger partial charge in [0.2, 0.25) is 5.91 Å². The summed E-state index contributed by atoms with van der Waals surface area (Å²) in [5.74, 6) is -0.797. The minimum absolute atomic E-state index is 0.00369. The Hall–Kier alpha value is -3.72. The molecule has 0 heterocycles. The van der Waals surface area contributed by atoms with Gasteiger partial charge in [-0.2, -0.15) is 0 Å². The van der Waals surface area contributed by atoms with Crippen LogP contribution in [0.5, 0.6) is 0 Å². The monoisotopic (exact) mass is 503 g/mol. The van der Waals surface area contributed by atoms with E-state index in [9.17, 15) is 25.0 Å². The van der Waals surface area contributed by atoms with Gasteiger partial charge in [-0.15, -0.1) is 11.8 Å². The van der Waals surface area contributed by atoms with E-state index in [0.29, 0.717) is 12.1 Å². The van der Waals surface area contributed by atoms with Gasteiger partial charge in [0, 0.05) is 34.6 Å². The molecule has 1 N–H and O–H groups in total. The molecule has 0 saturated heterocycles. The summed E-state index contributed by atoms with van der Waals surface area (Å²) in [5.41, 5.74) is 1.65. The number of amides is 1. The number of anilines is 1. The average Bonchev–Trinajstić information content (AvgIpc) is 3.47. The van der Waals surface area contributed by atoms with Crippen LogP contribution in [0.2, 0.25) is 0 Å². The van der Waals surface area contributed by atoms with E-state index in [2.05, 4.69) is 5.32 Å². The van der Waals surface area contributed by atoms with E-state index in [1.165, 1.54) is 23.9 Å². The molecule has 0 aliphatic heterocycles. The number of nitrogens with zero attached hydrogens (tertiary/aromatic N) is 2. The Balaban J connectivity index is 1.62. The SMILES string of the molecule is CSc1ccccc1NC(=O)C1C(c2cccc([N+](=O)[O-])c2)C2CCC1(c1cccc([N+](=O)[O-])c1)C2. The molecule has 0 spiro atoms. The number of carbonyl (C=O) groups is 1. The van der Waals surface area contributed by atoms with Gasteiger partial charge in [-0.1, -0.05) is 36.4 Å². The van der Waals surface area contributed by atoms with E-state index < -0.39 is 21.2 Å². The number of fused-ring (bicyclic) bond motifs is 2. The van der Waals surface area contributed by atoms with Crippen LogP contribution in [-0.2, 0) is 10.2 Å². The summed E-state index contributed by atoms with van der Waals surface area (Å²) in [6, 6.07) is 20.7. The first-order valence-electron chi connectivity index (χ1n) is 11.8. The van der Waals surface area contributed by atoms with Crippen molar-refractivity contribution in [2.24, 2.45) is 11.8 Å². The predicted octanol–water partition coefficient (Wildman–Crippen LogP) is 6.32. The Morgan fingerprint density at radius 3 is 2.39 bits per heavy atom. The first kappa shape index (κ1) is 24.0. The van der Waals surface area contributed by atoms with E-state index in [4.69, 9.17) is 0 Å². The highest BCUT2D eigenvalue weighted by Gasteiger charge is 2.61. The molecule has 2 aliphatic rings. The third kappa shape index (κ3) is 4.03. The topological polar surface area (TPSA) is 115 Å². The summed E-state index contributed by atoms with van der Waals surface area (Å²) < 4.78 is 0. The minimum atomic E-state index is -0.593. The van der Waals surface area contributed by atoms with Crippen LogP contribution in [0.1, 0.15) is 36.3 Å². The van der Waals surface area contributed by atoms with Crippen molar-refractivity contribution in [1.82, 2.24) is 0 Å². The van der Waals surface area contributed by atoms with Crippen LogP contribution in [0.3, 0.4) is 0 Å². The van der Waals surface area contributed by atoms with Gasteiger partial charge < -0.3 is 5.32 Å². The number of non-ortho nitro benzene ring substituents is 2. The molecule has 2 fully saturated rings. The van der Waals surface area contributed by atoms with Gasteiger partial charge in [0.25, 0.3) is 11.4 Å². The van der Waals surface area contributed by atoms with Crippen molar-refractivity contribution in [3.8, 4) is 0 Å². The number of thioether (sulfide) groups is 1. The Bertz CT molecular complexity index is 1360. The Morgan fingerprint density at radius 2 is 1.67 bits per heavy atom. The molecule has 0 radical (unpaired) electrons. The zero-order valence-electron chi connectivity index (χ0n) is 19.6. The van der Waals surface area contributed by atoms with Crippen LogP contribution >= 0.6 is 11.8 Å². The number of hydrogen-bond acceptors (Lipinski definition) is 6. The van der Waals surface area contributed by atoms with E-state index in [-0.39, 0.29) is 29.1 Å². The summed E-state index contributed by atoms with van der Waals surface area (Å²) in [6.07, 6.45) is 4.22. The Morgan fingerprint density at radius 1 is 0.972 bits per heavy atom.